The fraction of sp³-hybridized carbons (Fsp3) is 0.385. The molecule has 0 aromatic heterocycles. The van der Waals surface area contributed by atoms with Gasteiger partial charge in [-0.2, -0.15) is 0 Å². The van der Waals surface area contributed by atoms with E-state index < -0.39 is 23.7 Å². The second-order valence-corrected chi connectivity index (χ2v) is 4.45. The SMILES string of the molecule is COC(=O)C(NC(=O)c1ccc(N)c(F)c1)C(C)C. The number of anilines is 1. The van der Waals surface area contributed by atoms with Crippen molar-refractivity contribution in [3.05, 3.63) is 29.6 Å². The fourth-order valence-electron chi connectivity index (χ4n) is 1.52. The lowest BCUT2D eigenvalue weighted by molar-refractivity contribution is -0.144. The molecule has 0 spiro atoms. The highest BCUT2D eigenvalue weighted by molar-refractivity contribution is 5.97. The van der Waals surface area contributed by atoms with E-state index in [9.17, 15) is 14.0 Å². The van der Waals surface area contributed by atoms with Gasteiger partial charge in [-0.15, -0.1) is 0 Å². The number of halogens is 1. The molecule has 0 fully saturated rings. The van der Waals surface area contributed by atoms with Crippen molar-refractivity contribution in [1.82, 2.24) is 5.32 Å². The number of ether oxygens (including phenoxy) is 1. The van der Waals surface area contributed by atoms with E-state index in [1.807, 2.05) is 0 Å². The average Bonchev–Trinajstić information content (AvgIpc) is 2.37. The van der Waals surface area contributed by atoms with Crippen molar-refractivity contribution in [3.63, 3.8) is 0 Å². The highest BCUT2D eigenvalue weighted by Crippen LogP contribution is 2.13. The second-order valence-electron chi connectivity index (χ2n) is 4.45. The summed E-state index contributed by atoms with van der Waals surface area (Å²) in [4.78, 5) is 23.4. The van der Waals surface area contributed by atoms with Crippen LogP contribution < -0.4 is 11.1 Å². The fourth-order valence-corrected chi connectivity index (χ4v) is 1.52. The minimum atomic E-state index is -0.780. The van der Waals surface area contributed by atoms with Gasteiger partial charge in [0, 0.05) is 5.56 Å². The van der Waals surface area contributed by atoms with Crippen molar-refractivity contribution < 1.29 is 18.7 Å². The number of amides is 1. The van der Waals surface area contributed by atoms with Crippen LogP contribution in [0.2, 0.25) is 0 Å². The summed E-state index contributed by atoms with van der Waals surface area (Å²) in [6, 6.07) is 2.94. The maximum Gasteiger partial charge on any atom is 0.328 e. The number of carbonyl (C=O) groups excluding carboxylic acids is 2. The predicted molar refractivity (Wildman–Crippen MR) is 68.9 cm³/mol. The third-order valence-electron chi connectivity index (χ3n) is 2.67. The molecule has 0 heterocycles. The van der Waals surface area contributed by atoms with Crippen LogP contribution >= 0.6 is 0 Å². The van der Waals surface area contributed by atoms with Gasteiger partial charge in [-0.05, 0) is 24.1 Å². The number of carbonyl (C=O) groups is 2. The van der Waals surface area contributed by atoms with Crippen molar-refractivity contribution in [2.24, 2.45) is 5.92 Å². The summed E-state index contributed by atoms with van der Waals surface area (Å²) in [5.41, 5.74) is 5.39. The van der Waals surface area contributed by atoms with E-state index in [1.165, 1.54) is 19.2 Å². The van der Waals surface area contributed by atoms with Crippen molar-refractivity contribution in [1.29, 1.82) is 0 Å². The summed E-state index contributed by atoms with van der Waals surface area (Å²) in [5, 5.41) is 2.51. The predicted octanol–water partition coefficient (Wildman–Crippen LogP) is 1.34. The van der Waals surface area contributed by atoms with Crippen LogP contribution in [0.3, 0.4) is 0 Å². The van der Waals surface area contributed by atoms with Crippen LogP contribution in [0.15, 0.2) is 18.2 Å². The van der Waals surface area contributed by atoms with Crippen molar-refractivity contribution in [2.75, 3.05) is 12.8 Å². The molecule has 1 aromatic carbocycles. The molecule has 3 N–H and O–H groups in total. The third-order valence-corrected chi connectivity index (χ3v) is 2.67. The minimum absolute atomic E-state index is 0.0371. The molecule has 5 nitrogen and oxygen atoms in total. The van der Waals surface area contributed by atoms with E-state index in [0.717, 1.165) is 6.07 Å². The summed E-state index contributed by atoms with van der Waals surface area (Å²) in [7, 11) is 1.24. The molecule has 0 aliphatic carbocycles. The highest BCUT2D eigenvalue weighted by atomic mass is 19.1. The second kappa shape index (κ2) is 6.17. The van der Waals surface area contributed by atoms with Crippen LogP contribution in [0, 0.1) is 11.7 Å². The average molecular weight is 268 g/mol. The van der Waals surface area contributed by atoms with Gasteiger partial charge in [0.2, 0.25) is 0 Å². The Bertz CT molecular complexity index is 489. The van der Waals surface area contributed by atoms with Gasteiger partial charge < -0.3 is 15.8 Å². The number of hydrogen-bond donors (Lipinski definition) is 2. The molecule has 1 aromatic rings. The van der Waals surface area contributed by atoms with Crippen LogP contribution in [-0.2, 0) is 9.53 Å². The number of nitrogens with two attached hydrogens (primary N) is 1. The normalized spacial score (nSPS) is 12.1. The number of nitrogens with one attached hydrogen (secondary N) is 1. The van der Waals surface area contributed by atoms with E-state index in [0.29, 0.717) is 0 Å². The molecular weight excluding hydrogens is 251 g/mol. The van der Waals surface area contributed by atoms with Gasteiger partial charge in [-0.25, -0.2) is 9.18 Å². The lowest BCUT2D eigenvalue weighted by Gasteiger charge is -2.19. The standard InChI is InChI=1S/C13H17FN2O3/c1-7(2)11(13(18)19-3)16-12(17)8-4-5-10(15)9(14)6-8/h4-7,11H,15H2,1-3H3,(H,16,17). The smallest absolute Gasteiger partial charge is 0.328 e. The first-order chi connectivity index (χ1) is 8.86. The first-order valence-electron chi connectivity index (χ1n) is 5.80. The monoisotopic (exact) mass is 268 g/mol. The maximum atomic E-state index is 13.3. The van der Waals surface area contributed by atoms with Gasteiger partial charge in [0.25, 0.3) is 5.91 Å². The molecule has 0 radical (unpaired) electrons. The van der Waals surface area contributed by atoms with Crippen LogP contribution in [-0.4, -0.2) is 25.0 Å². The number of nitrogen functional groups attached to an aromatic ring is 1. The van der Waals surface area contributed by atoms with Crippen LogP contribution in [0.5, 0.6) is 0 Å². The Kier molecular flexibility index (Phi) is 4.86. The van der Waals surface area contributed by atoms with Crippen LogP contribution in [0.1, 0.15) is 24.2 Å². The number of rotatable bonds is 4. The Morgan fingerprint density at radius 2 is 2.00 bits per heavy atom. The Morgan fingerprint density at radius 3 is 2.47 bits per heavy atom. The summed E-state index contributed by atoms with van der Waals surface area (Å²) >= 11 is 0. The summed E-state index contributed by atoms with van der Waals surface area (Å²) in [6.45, 7) is 3.54. The molecule has 0 saturated heterocycles. The lowest BCUT2D eigenvalue weighted by atomic mass is 10.0. The van der Waals surface area contributed by atoms with Crippen molar-refractivity contribution in [2.45, 2.75) is 19.9 Å². The highest BCUT2D eigenvalue weighted by Gasteiger charge is 2.25. The molecule has 0 aliphatic rings. The van der Waals surface area contributed by atoms with Gasteiger partial charge in [-0.1, -0.05) is 13.8 Å². The van der Waals surface area contributed by atoms with E-state index >= 15 is 0 Å². The molecule has 6 heteroatoms. The Hall–Kier alpha value is -2.11. The molecule has 1 amide bonds. The zero-order valence-electron chi connectivity index (χ0n) is 11.1. The topological polar surface area (TPSA) is 81.4 Å². The molecule has 0 bridgehead atoms. The summed E-state index contributed by atoms with van der Waals surface area (Å²) < 4.78 is 17.9. The van der Waals surface area contributed by atoms with E-state index in [2.05, 4.69) is 10.1 Å². The van der Waals surface area contributed by atoms with Gasteiger partial charge in [0.1, 0.15) is 11.9 Å². The molecule has 104 valence electrons. The number of methoxy groups -OCH3 is 1. The number of hydrogen-bond acceptors (Lipinski definition) is 4. The molecule has 19 heavy (non-hydrogen) atoms. The van der Waals surface area contributed by atoms with E-state index in [1.54, 1.807) is 13.8 Å². The number of esters is 1. The largest absolute Gasteiger partial charge is 0.467 e. The van der Waals surface area contributed by atoms with Gasteiger partial charge in [-0.3, -0.25) is 4.79 Å². The van der Waals surface area contributed by atoms with Gasteiger partial charge in [0.15, 0.2) is 0 Å². The summed E-state index contributed by atoms with van der Waals surface area (Å²) in [5.74, 6) is -1.91. The Morgan fingerprint density at radius 1 is 1.37 bits per heavy atom. The molecular formula is C13H17FN2O3. The van der Waals surface area contributed by atoms with Crippen molar-refractivity contribution >= 4 is 17.6 Å². The zero-order valence-corrected chi connectivity index (χ0v) is 11.1. The first kappa shape index (κ1) is 14.9. The zero-order chi connectivity index (χ0) is 14.6. The summed E-state index contributed by atoms with van der Waals surface area (Å²) in [6.07, 6.45) is 0. The van der Waals surface area contributed by atoms with Crippen LogP contribution in [0.4, 0.5) is 10.1 Å². The van der Waals surface area contributed by atoms with E-state index in [-0.39, 0.29) is 17.2 Å². The lowest BCUT2D eigenvalue weighted by Crippen LogP contribution is -2.45. The molecule has 0 saturated carbocycles. The van der Waals surface area contributed by atoms with E-state index in [4.69, 9.17) is 5.73 Å². The molecule has 0 aliphatic heterocycles. The van der Waals surface area contributed by atoms with Gasteiger partial charge >= 0.3 is 5.97 Å². The quantitative estimate of drug-likeness (QED) is 0.637. The van der Waals surface area contributed by atoms with Gasteiger partial charge in [0.05, 0.1) is 12.8 Å². The molecule has 1 rings (SSSR count). The third kappa shape index (κ3) is 3.67. The Labute approximate surface area is 110 Å². The minimum Gasteiger partial charge on any atom is -0.467 e. The maximum absolute atomic E-state index is 13.3. The number of benzene rings is 1. The first-order valence-corrected chi connectivity index (χ1v) is 5.80. The molecule has 1 atom stereocenters. The van der Waals surface area contributed by atoms with Crippen LogP contribution in [0.25, 0.3) is 0 Å². The molecule has 1 unspecified atom stereocenters. The van der Waals surface area contributed by atoms with Crippen molar-refractivity contribution in [3.8, 4) is 0 Å². The Balaban J connectivity index is 2.87.